The molecule has 1 N–H and O–H groups in total. The lowest BCUT2D eigenvalue weighted by atomic mass is 10.1. The standard InChI is InChI=1S/C18H28N2O3S/c1-3-15(2)19-18(21)12-9-16-7-10-17(11-8-16)24(22,23)20-13-5-4-6-14-20/h7-8,10-11,15H,3-6,9,12-14H2,1-2H3,(H,19,21)/t15-/m0/s1. The van der Waals surface area contributed by atoms with Gasteiger partial charge in [-0.2, -0.15) is 4.31 Å². The van der Waals surface area contributed by atoms with Gasteiger partial charge in [0.15, 0.2) is 0 Å². The van der Waals surface area contributed by atoms with E-state index in [9.17, 15) is 13.2 Å². The van der Waals surface area contributed by atoms with Crippen molar-refractivity contribution in [3.8, 4) is 0 Å². The normalized spacial score (nSPS) is 17.4. The molecule has 1 fully saturated rings. The van der Waals surface area contributed by atoms with E-state index in [1.54, 1.807) is 16.4 Å². The maximum atomic E-state index is 12.6. The Morgan fingerprint density at radius 2 is 1.79 bits per heavy atom. The summed E-state index contributed by atoms with van der Waals surface area (Å²) < 4.78 is 26.7. The van der Waals surface area contributed by atoms with Gasteiger partial charge in [-0.25, -0.2) is 8.42 Å². The number of carbonyl (C=O) groups is 1. The molecule has 1 aliphatic rings. The lowest BCUT2D eigenvalue weighted by Crippen LogP contribution is -2.35. The molecule has 1 aromatic rings. The number of sulfonamides is 1. The molecule has 0 radical (unpaired) electrons. The van der Waals surface area contributed by atoms with Gasteiger partial charge in [0.2, 0.25) is 15.9 Å². The summed E-state index contributed by atoms with van der Waals surface area (Å²) in [5, 5.41) is 2.94. The molecule has 0 saturated carbocycles. The third-order valence-corrected chi connectivity index (χ3v) is 6.45. The van der Waals surface area contributed by atoms with Crippen molar-refractivity contribution in [1.82, 2.24) is 9.62 Å². The Labute approximate surface area is 145 Å². The van der Waals surface area contributed by atoms with Gasteiger partial charge >= 0.3 is 0 Å². The lowest BCUT2D eigenvalue weighted by Gasteiger charge is -2.25. The van der Waals surface area contributed by atoms with Crippen molar-refractivity contribution in [3.63, 3.8) is 0 Å². The number of nitrogens with one attached hydrogen (secondary N) is 1. The summed E-state index contributed by atoms with van der Waals surface area (Å²) >= 11 is 0. The Morgan fingerprint density at radius 1 is 1.17 bits per heavy atom. The predicted octanol–water partition coefficient (Wildman–Crippen LogP) is 2.71. The van der Waals surface area contributed by atoms with Gasteiger partial charge < -0.3 is 5.32 Å². The number of piperidine rings is 1. The number of rotatable bonds is 7. The van der Waals surface area contributed by atoms with Gasteiger partial charge in [0.25, 0.3) is 0 Å². The second-order valence-corrected chi connectivity index (χ2v) is 8.42. The monoisotopic (exact) mass is 352 g/mol. The molecule has 1 heterocycles. The summed E-state index contributed by atoms with van der Waals surface area (Å²) in [4.78, 5) is 12.1. The van der Waals surface area contributed by atoms with Crippen LogP contribution in [0.2, 0.25) is 0 Å². The molecule has 0 aromatic heterocycles. The predicted molar refractivity (Wildman–Crippen MR) is 95.3 cm³/mol. The van der Waals surface area contributed by atoms with E-state index in [-0.39, 0.29) is 11.9 Å². The fourth-order valence-corrected chi connectivity index (χ4v) is 4.31. The highest BCUT2D eigenvalue weighted by atomic mass is 32.2. The van der Waals surface area contributed by atoms with Crippen molar-refractivity contribution >= 4 is 15.9 Å². The molecule has 1 amide bonds. The summed E-state index contributed by atoms with van der Waals surface area (Å²) in [5.41, 5.74) is 0.979. The van der Waals surface area contributed by atoms with Crippen LogP contribution in [-0.4, -0.2) is 37.8 Å². The van der Waals surface area contributed by atoms with Crippen LogP contribution in [0.3, 0.4) is 0 Å². The van der Waals surface area contributed by atoms with E-state index in [2.05, 4.69) is 5.32 Å². The zero-order valence-corrected chi connectivity index (χ0v) is 15.4. The Kier molecular flexibility index (Phi) is 6.80. The summed E-state index contributed by atoms with van der Waals surface area (Å²) in [7, 11) is -3.38. The SMILES string of the molecule is CC[C@H](C)NC(=O)CCc1ccc(S(=O)(=O)N2CCCCC2)cc1. The number of carbonyl (C=O) groups excluding carboxylic acids is 1. The summed E-state index contributed by atoms with van der Waals surface area (Å²) in [6.07, 6.45) is 4.92. The highest BCUT2D eigenvalue weighted by Crippen LogP contribution is 2.21. The van der Waals surface area contributed by atoms with Crippen molar-refractivity contribution in [1.29, 1.82) is 0 Å². The minimum absolute atomic E-state index is 0.0364. The molecule has 134 valence electrons. The summed E-state index contributed by atoms with van der Waals surface area (Å²) in [6.45, 7) is 5.24. The van der Waals surface area contributed by atoms with Crippen molar-refractivity contribution in [2.24, 2.45) is 0 Å². The van der Waals surface area contributed by atoms with E-state index in [0.717, 1.165) is 31.2 Å². The molecule has 2 rings (SSSR count). The van der Waals surface area contributed by atoms with Gasteiger partial charge in [0.05, 0.1) is 4.90 Å². The van der Waals surface area contributed by atoms with E-state index >= 15 is 0 Å². The molecule has 5 nitrogen and oxygen atoms in total. The van der Waals surface area contributed by atoms with Crippen LogP contribution in [0.5, 0.6) is 0 Å². The Morgan fingerprint density at radius 3 is 2.38 bits per heavy atom. The third kappa shape index (κ3) is 5.05. The second kappa shape index (κ2) is 8.62. The molecule has 1 aliphatic heterocycles. The topological polar surface area (TPSA) is 66.5 Å². The molecule has 0 aliphatic carbocycles. The van der Waals surface area contributed by atoms with E-state index in [1.807, 2.05) is 26.0 Å². The first-order valence-electron chi connectivity index (χ1n) is 8.82. The van der Waals surface area contributed by atoms with Gasteiger partial charge in [0.1, 0.15) is 0 Å². The van der Waals surface area contributed by atoms with E-state index in [1.165, 1.54) is 0 Å². The fourth-order valence-electron chi connectivity index (χ4n) is 2.79. The molecule has 0 bridgehead atoms. The Bertz CT molecular complexity index is 635. The summed E-state index contributed by atoms with van der Waals surface area (Å²) in [5.74, 6) is 0.0364. The highest BCUT2D eigenvalue weighted by Gasteiger charge is 2.25. The van der Waals surface area contributed by atoms with Crippen LogP contribution in [0.25, 0.3) is 0 Å². The third-order valence-electron chi connectivity index (χ3n) is 4.54. The van der Waals surface area contributed by atoms with E-state index in [4.69, 9.17) is 0 Å². The molecule has 1 saturated heterocycles. The van der Waals surface area contributed by atoms with Crippen LogP contribution in [0.15, 0.2) is 29.2 Å². The number of aryl methyl sites for hydroxylation is 1. The Hall–Kier alpha value is -1.40. The average Bonchev–Trinajstić information content (AvgIpc) is 2.61. The van der Waals surface area contributed by atoms with Crippen LogP contribution in [0.4, 0.5) is 0 Å². The smallest absolute Gasteiger partial charge is 0.243 e. The minimum Gasteiger partial charge on any atom is -0.354 e. The first kappa shape index (κ1) is 18.9. The van der Waals surface area contributed by atoms with Crippen LogP contribution in [-0.2, 0) is 21.2 Å². The molecule has 6 heteroatoms. The van der Waals surface area contributed by atoms with Crippen LogP contribution in [0.1, 0.15) is 51.5 Å². The molecular formula is C18H28N2O3S. The van der Waals surface area contributed by atoms with Crippen molar-refractivity contribution < 1.29 is 13.2 Å². The number of benzene rings is 1. The Balaban J connectivity index is 1.94. The van der Waals surface area contributed by atoms with Crippen molar-refractivity contribution in [2.75, 3.05) is 13.1 Å². The number of hydrogen-bond acceptors (Lipinski definition) is 3. The fraction of sp³-hybridized carbons (Fsp3) is 0.611. The first-order valence-corrected chi connectivity index (χ1v) is 10.3. The summed E-state index contributed by atoms with van der Waals surface area (Å²) in [6, 6.07) is 7.13. The number of amides is 1. The maximum Gasteiger partial charge on any atom is 0.243 e. The van der Waals surface area contributed by atoms with Gasteiger partial charge in [-0.15, -0.1) is 0 Å². The van der Waals surface area contributed by atoms with Gasteiger partial charge in [-0.1, -0.05) is 25.5 Å². The van der Waals surface area contributed by atoms with Gasteiger partial charge in [0, 0.05) is 25.6 Å². The number of nitrogens with zero attached hydrogens (tertiary/aromatic N) is 1. The van der Waals surface area contributed by atoms with Crippen LogP contribution < -0.4 is 5.32 Å². The van der Waals surface area contributed by atoms with Crippen LogP contribution in [0, 0.1) is 0 Å². The zero-order valence-electron chi connectivity index (χ0n) is 14.6. The lowest BCUT2D eigenvalue weighted by molar-refractivity contribution is -0.121. The van der Waals surface area contributed by atoms with Gasteiger partial charge in [-0.05, 0) is 50.3 Å². The molecule has 1 aromatic carbocycles. The van der Waals surface area contributed by atoms with Crippen molar-refractivity contribution in [2.45, 2.75) is 63.3 Å². The van der Waals surface area contributed by atoms with Crippen LogP contribution >= 0.6 is 0 Å². The van der Waals surface area contributed by atoms with Gasteiger partial charge in [-0.3, -0.25) is 4.79 Å². The highest BCUT2D eigenvalue weighted by molar-refractivity contribution is 7.89. The second-order valence-electron chi connectivity index (χ2n) is 6.49. The molecule has 24 heavy (non-hydrogen) atoms. The maximum absolute atomic E-state index is 12.6. The molecule has 0 spiro atoms. The molecular weight excluding hydrogens is 324 g/mol. The first-order chi connectivity index (χ1) is 11.4. The molecule has 0 unspecified atom stereocenters. The van der Waals surface area contributed by atoms with E-state index in [0.29, 0.717) is 30.8 Å². The average molecular weight is 353 g/mol. The molecule has 1 atom stereocenters. The minimum atomic E-state index is -3.38. The number of hydrogen-bond donors (Lipinski definition) is 1. The van der Waals surface area contributed by atoms with E-state index < -0.39 is 10.0 Å². The zero-order chi connectivity index (χ0) is 17.6. The van der Waals surface area contributed by atoms with Crippen molar-refractivity contribution in [3.05, 3.63) is 29.8 Å². The quantitative estimate of drug-likeness (QED) is 0.820. The largest absolute Gasteiger partial charge is 0.354 e.